The molecule has 2 nitrogen and oxygen atoms in total. The van der Waals surface area contributed by atoms with Crippen molar-refractivity contribution in [3.05, 3.63) is 29.3 Å². The van der Waals surface area contributed by atoms with Gasteiger partial charge in [-0.3, -0.25) is 4.99 Å². The Bertz CT molecular complexity index is 368. The van der Waals surface area contributed by atoms with Crippen molar-refractivity contribution in [3.63, 3.8) is 0 Å². The van der Waals surface area contributed by atoms with Gasteiger partial charge in [0.05, 0.1) is 0 Å². The number of rotatable bonds is 4. The van der Waals surface area contributed by atoms with E-state index in [2.05, 4.69) is 18.8 Å². The fraction of sp³-hybridized carbons (Fsp3) is 0.462. The summed E-state index contributed by atoms with van der Waals surface area (Å²) in [7, 11) is 9.87. The Morgan fingerprint density at radius 1 is 1.33 bits per heavy atom. The molecule has 0 saturated heterocycles. The van der Waals surface area contributed by atoms with Gasteiger partial charge in [0.15, 0.2) is 0 Å². The molecular formula is C13H19Cl2NOZr. The zero-order valence-electron chi connectivity index (χ0n) is 11.0. The third kappa shape index (κ3) is 6.92. The van der Waals surface area contributed by atoms with Crippen molar-refractivity contribution < 1.29 is 26.0 Å². The van der Waals surface area contributed by atoms with Crippen molar-refractivity contribution in [3.8, 4) is 5.75 Å². The van der Waals surface area contributed by atoms with E-state index < -0.39 is 20.8 Å². The molecule has 1 aromatic carbocycles. The van der Waals surface area contributed by atoms with Crippen LogP contribution in [0.15, 0.2) is 23.2 Å². The summed E-state index contributed by atoms with van der Waals surface area (Å²) < 4.78 is 0. The SMILES string of the molecule is CCC(CC)N=Cc1cccc(C)c1O.[Cl][Zr][Cl]. The molecule has 0 bridgehead atoms. The maximum atomic E-state index is 9.76. The second-order valence-electron chi connectivity index (χ2n) is 3.83. The van der Waals surface area contributed by atoms with Crippen LogP contribution in [-0.4, -0.2) is 17.4 Å². The molecule has 0 spiro atoms. The van der Waals surface area contributed by atoms with E-state index in [1.807, 2.05) is 25.1 Å². The summed E-state index contributed by atoms with van der Waals surface area (Å²) >= 11 is -0.826. The zero-order valence-corrected chi connectivity index (χ0v) is 14.9. The Kier molecular flexibility index (Phi) is 11.1. The molecule has 0 atom stereocenters. The Balaban J connectivity index is 0.000000873. The van der Waals surface area contributed by atoms with Crippen LogP contribution in [0.3, 0.4) is 0 Å². The summed E-state index contributed by atoms with van der Waals surface area (Å²) in [5.41, 5.74) is 1.70. The predicted molar refractivity (Wildman–Crippen MR) is 76.5 cm³/mol. The molecule has 1 rings (SSSR count). The molecule has 0 aliphatic rings. The minimum atomic E-state index is -0.826. The molecule has 1 aromatic rings. The second kappa shape index (κ2) is 11.0. The zero-order chi connectivity index (χ0) is 14.0. The Morgan fingerprint density at radius 2 is 1.89 bits per heavy atom. The van der Waals surface area contributed by atoms with E-state index in [1.165, 1.54) is 0 Å². The fourth-order valence-corrected chi connectivity index (χ4v) is 1.47. The van der Waals surface area contributed by atoms with Crippen molar-refractivity contribution in [1.82, 2.24) is 0 Å². The van der Waals surface area contributed by atoms with Crippen LogP contribution in [0.1, 0.15) is 37.8 Å². The molecule has 0 heterocycles. The van der Waals surface area contributed by atoms with Gasteiger partial charge < -0.3 is 5.11 Å². The molecule has 100 valence electrons. The van der Waals surface area contributed by atoms with E-state index in [1.54, 1.807) is 6.21 Å². The number of phenols is 1. The van der Waals surface area contributed by atoms with Gasteiger partial charge in [-0.2, -0.15) is 0 Å². The molecule has 18 heavy (non-hydrogen) atoms. The minimum absolute atomic E-state index is 0.340. The van der Waals surface area contributed by atoms with E-state index in [0.29, 0.717) is 11.8 Å². The van der Waals surface area contributed by atoms with Gasteiger partial charge in [-0.05, 0) is 31.4 Å². The number of nitrogens with zero attached hydrogens (tertiary/aromatic N) is 1. The van der Waals surface area contributed by atoms with Crippen molar-refractivity contribution in [1.29, 1.82) is 0 Å². The van der Waals surface area contributed by atoms with E-state index >= 15 is 0 Å². The van der Waals surface area contributed by atoms with Gasteiger partial charge in [0.1, 0.15) is 5.75 Å². The topological polar surface area (TPSA) is 32.6 Å². The normalized spacial score (nSPS) is 10.3. The van der Waals surface area contributed by atoms with E-state index in [-0.39, 0.29) is 0 Å². The molecular weight excluding hydrogens is 348 g/mol. The first-order valence-corrected chi connectivity index (χ1v) is 12.2. The maximum absolute atomic E-state index is 9.76. The van der Waals surface area contributed by atoms with E-state index in [9.17, 15) is 5.11 Å². The molecule has 0 fully saturated rings. The predicted octanol–water partition coefficient (Wildman–Crippen LogP) is 4.68. The Hall–Kier alpha value is 0.153. The van der Waals surface area contributed by atoms with Crippen LogP contribution in [0.4, 0.5) is 0 Å². The number of phenolic OH excluding ortho intramolecular Hbond substituents is 1. The van der Waals surface area contributed by atoms with Crippen molar-refractivity contribution in [2.45, 2.75) is 39.7 Å². The summed E-state index contributed by atoms with van der Waals surface area (Å²) in [6, 6.07) is 6.08. The number of halogens is 2. The Morgan fingerprint density at radius 3 is 2.39 bits per heavy atom. The van der Waals surface area contributed by atoms with Crippen LogP contribution in [0, 0.1) is 6.92 Å². The quantitative estimate of drug-likeness (QED) is 0.770. The first-order chi connectivity index (χ1) is 8.60. The Labute approximate surface area is 128 Å². The number of aryl methyl sites for hydroxylation is 1. The second-order valence-corrected chi connectivity index (χ2v) is 7.56. The average Bonchev–Trinajstić information content (AvgIpc) is 2.36. The molecule has 0 aliphatic heterocycles. The molecule has 0 amide bonds. The summed E-state index contributed by atoms with van der Waals surface area (Å²) in [5, 5.41) is 9.76. The van der Waals surface area contributed by atoms with Gasteiger partial charge >= 0.3 is 37.9 Å². The third-order valence-electron chi connectivity index (χ3n) is 2.64. The summed E-state index contributed by atoms with van der Waals surface area (Å²) in [6.45, 7) is 6.15. The van der Waals surface area contributed by atoms with Crippen molar-refractivity contribution in [2.24, 2.45) is 4.99 Å². The summed E-state index contributed by atoms with van der Waals surface area (Å²) in [4.78, 5) is 4.45. The molecule has 0 unspecified atom stereocenters. The van der Waals surface area contributed by atoms with Crippen LogP contribution in [-0.2, 0) is 20.8 Å². The van der Waals surface area contributed by atoms with Crippen LogP contribution < -0.4 is 0 Å². The first-order valence-electron chi connectivity index (χ1n) is 5.88. The number of benzene rings is 1. The van der Waals surface area contributed by atoms with E-state index in [4.69, 9.17) is 17.0 Å². The van der Waals surface area contributed by atoms with Gasteiger partial charge in [-0.1, -0.05) is 26.0 Å². The van der Waals surface area contributed by atoms with Gasteiger partial charge in [-0.25, -0.2) is 0 Å². The van der Waals surface area contributed by atoms with Crippen LogP contribution in [0.25, 0.3) is 0 Å². The molecule has 0 aromatic heterocycles. The molecule has 1 N–H and O–H groups in total. The average molecular weight is 367 g/mol. The number of aliphatic imine (C=N–C) groups is 1. The first kappa shape index (κ1) is 18.2. The van der Waals surface area contributed by atoms with E-state index in [0.717, 1.165) is 24.0 Å². The van der Waals surface area contributed by atoms with Crippen LogP contribution in [0.2, 0.25) is 0 Å². The van der Waals surface area contributed by atoms with Gasteiger partial charge in [0, 0.05) is 17.8 Å². The number of hydrogen-bond donors (Lipinski definition) is 1. The van der Waals surface area contributed by atoms with Crippen molar-refractivity contribution in [2.75, 3.05) is 0 Å². The third-order valence-corrected chi connectivity index (χ3v) is 2.64. The fourth-order valence-electron chi connectivity index (χ4n) is 1.47. The number of para-hydroxylation sites is 1. The number of hydrogen-bond acceptors (Lipinski definition) is 2. The molecule has 5 heteroatoms. The number of aromatic hydroxyl groups is 1. The summed E-state index contributed by atoms with van der Waals surface area (Å²) in [6.07, 6.45) is 3.86. The van der Waals surface area contributed by atoms with Crippen LogP contribution >= 0.6 is 17.0 Å². The molecule has 0 aliphatic carbocycles. The van der Waals surface area contributed by atoms with Gasteiger partial charge in [-0.15, -0.1) is 0 Å². The van der Waals surface area contributed by atoms with Gasteiger partial charge in [0.25, 0.3) is 0 Å². The van der Waals surface area contributed by atoms with Crippen molar-refractivity contribution >= 4 is 23.2 Å². The molecule has 0 radical (unpaired) electrons. The van der Waals surface area contributed by atoms with Gasteiger partial charge in [0.2, 0.25) is 0 Å². The molecule has 0 saturated carbocycles. The summed E-state index contributed by atoms with van der Waals surface area (Å²) in [5.74, 6) is 0.340. The van der Waals surface area contributed by atoms with Crippen LogP contribution in [0.5, 0.6) is 5.75 Å². The monoisotopic (exact) mass is 365 g/mol. The standard InChI is InChI=1S/C13H19NO.2ClH.Zr/c1-4-12(5-2)14-9-11-8-6-7-10(3)13(11)15;;;/h6-9,12,15H,4-5H2,1-3H3;2*1H;/q;;;+2/p-2.